The minimum Gasteiger partial charge on any atom is -0.462 e. The summed E-state index contributed by atoms with van der Waals surface area (Å²) in [5.41, 5.74) is 0.375. The number of benzene rings is 1. The van der Waals surface area contributed by atoms with Crippen molar-refractivity contribution in [2.24, 2.45) is 0 Å². The molecule has 1 aromatic heterocycles. The van der Waals surface area contributed by atoms with Crippen molar-refractivity contribution in [3.8, 4) is 0 Å². The van der Waals surface area contributed by atoms with Crippen molar-refractivity contribution in [2.45, 2.75) is 6.92 Å². The molecule has 3 rings (SSSR count). The van der Waals surface area contributed by atoms with Crippen LogP contribution in [0.25, 0.3) is 0 Å². The van der Waals surface area contributed by atoms with E-state index < -0.39 is 17.8 Å². The second kappa shape index (κ2) is 9.05. The molecule has 0 saturated carbocycles. The number of piperazine rings is 1. The average Bonchev–Trinajstić information content (AvgIpc) is 3.28. The number of carbonyl (C=O) groups excluding carboxylic acids is 4. The molecule has 3 amide bonds. The lowest BCUT2D eigenvalue weighted by molar-refractivity contribution is -0.144. The predicted octanol–water partition coefficient (Wildman–Crippen LogP) is 1.38. The van der Waals surface area contributed by atoms with E-state index in [1.807, 2.05) is 0 Å². The van der Waals surface area contributed by atoms with Crippen LogP contribution in [-0.4, -0.2) is 66.3 Å². The summed E-state index contributed by atoms with van der Waals surface area (Å²) in [6.45, 7) is 2.90. The van der Waals surface area contributed by atoms with Crippen molar-refractivity contribution in [1.29, 1.82) is 0 Å². The van der Waals surface area contributed by atoms with Gasteiger partial charge in [0, 0.05) is 26.2 Å². The molecular weight excluding hydrogens is 378 g/mol. The van der Waals surface area contributed by atoms with Gasteiger partial charge in [-0.05, 0) is 31.2 Å². The average molecular weight is 399 g/mol. The molecule has 2 aromatic rings. The molecule has 0 spiro atoms. The van der Waals surface area contributed by atoms with Gasteiger partial charge in [0.1, 0.15) is 0 Å². The van der Waals surface area contributed by atoms with Crippen LogP contribution in [0.5, 0.6) is 0 Å². The molecule has 1 saturated heterocycles. The minimum atomic E-state index is -0.854. The summed E-state index contributed by atoms with van der Waals surface area (Å²) in [6.07, 6.45) is 1.42. The Morgan fingerprint density at radius 1 is 1.00 bits per heavy atom. The van der Waals surface area contributed by atoms with Gasteiger partial charge in [-0.2, -0.15) is 0 Å². The highest BCUT2D eigenvalue weighted by molar-refractivity contribution is 6.39. The molecule has 1 aliphatic rings. The van der Waals surface area contributed by atoms with Crippen molar-refractivity contribution in [3.63, 3.8) is 0 Å². The van der Waals surface area contributed by atoms with Crippen LogP contribution in [0.2, 0.25) is 0 Å². The van der Waals surface area contributed by atoms with Crippen LogP contribution in [0.4, 0.5) is 5.69 Å². The molecule has 0 aliphatic carbocycles. The summed E-state index contributed by atoms with van der Waals surface area (Å²) >= 11 is 0. The number of furan rings is 1. The quantitative estimate of drug-likeness (QED) is 0.615. The van der Waals surface area contributed by atoms with E-state index in [0.29, 0.717) is 0 Å². The fraction of sp³-hybridized carbons (Fsp3) is 0.300. The lowest BCUT2D eigenvalue weighted by Crippen LogP contribution is -2.53. The van der Waals surface area contributed by atoms with E-state index in [1.54, 1.807) is 36.1 Å². The zero-order valence-electron chi connectivity index (χ0n) is 15.9. The van der Waals surface area contributed by atoms with E-state index in [0.717, 1.165) is 0 Å². The molecule has 0 bridgehead atoms. The van der Waals surface area contributed by atoms with Gasteiger partial charge >= 0.3 is 17.8 Å². The number of para-hydroxylation sites is 1. The molecule has 0 atom stereocenters. The van der Waals surface area contributed by atoms with Gasteiger partial charge in [-0.3, -0.25) is 14.4 Å². The van der Waals surface area contributed by atoms with E-state index in [-0.39, 0.29) is 55.7 Å². The first-order valence-corrected chi connectivity index (χ1v) is 9.20. The van der Waals surface area contributed by atoms with Crippen molar-refractivity contribution in [1.82, 2.24) is 9.80 Å². The second-order valence-corrected chi connectivity index (χ2v) is 6.28. The maximum absolute atomic E-state index is 12.5. The van der Waals surface area contributed by atoms with E-state index in [4.69, 9.17) is 9.15 Å². The molecule has 0 unspecified atom stereocenters. The third-order valence-corrected chi connectivity index (χ3v) is 4.45. The van der Waals surface area contributed by atoms with E-state index in [1.165, 1.54) is 23.3 Å². The summed E-state index contributed by atoms with van der Waals surface area (Å²) < 4.78 is 10.1. The Kier molecular flexibility index (Phi) is 6.28. The first-order chi connectivity index (χ1) is 14.0. The summed E-state index contributed by atoms with van der Waals surface area (Å²) in [4.78, 5) is 52.1. The lowest BCUT2D eigenvalue weighted by Gasteiger charge is -2.33. The van der Waals surface area contributed by atoms with Crippen LogP contribution in [0, 0.1) is 0 Å². The fourth-order valence-corrected chi connectivity index (χ4v) is 2.97. The second-order valence-electron chi connectivity index (χ2n) is 6.28. The Labute approximate surface area is 167 Å². The summed E-state index contributed by atoms with van der Waals surface area (Å²) in [6, 6.07) is 9.52. The first kappa shape index (κ1) is 20.1. The smallest absolute Gasteiger partial charge is 0.340 e. The standard InChI is InChI=1S/C20H21N3O6/c1-2-28-20(27)14-6-3-4-7-15(14)21-17(24)19(26)23-11-9-22(10-12-23)18(25)16-8-5-13-29-16/h3-8,13H,2,9-12H2,1H3,(H,21,24). The van der Waals surface area contributed by atoms with Crippen molar-refractivity contribution in [3.05, 3.63) is 54.0 Å². The van der Waals surface area contributed by atoms with Gasteiger partial charge in [0.15, 0.2) is 5.76 Å². The van der Waals surface area contributed by atoms with Crippen LogP contribution in [-0.2, 0) is 14.3 Å². The molecule has 9 nitrogen and oxygen atoms in total. The summed E-state index contributed by atoms with van der Waals surface area (Å²) in [7, 11) is 0. The number of carbonyl (C=O) groups is 4. The van der Waals surface area contributed by atoms with Crippen molar-refractivity contribution < 1.29 is 28.3 Å². The monoisotopic (exact) mass is 399 g/mol. The number of ether oxygens (including phenoxy) is 1. The Balaban J connectivity index is 1.59. The largest absolute Gasteiger partial charge is 0.462 e. The number of hydrogen-bond donors (Lipinski definition) is 1. The zero-order valence-corrected chi connectivity index (χ0v) is 15.9. The van der Waals surface area contributed by atoms with E-state index in [9.17, 15) is 19.2 Å². The molecule has 2 heterocycles. The third kappa shape index (κ3) is 4.63. The number of hydrogen-bond acceptors (Lipinski definition) is 6. The van der Waals surface area contributed by atoms with E-state index >= 15 is 0 Å². The molecule has 152 valence electrons. The van der Waals surface area contributed by atoms with Crippen molar-refractivity contribution >= 4 is 29.4 Å². The van der Waals surface area contributed by atoms with E-state index in [2.05, 4.69) is 5.32 Å². The van der Waals surface area contributed by atoms with Crippen LogP contribution in [0.3, 0.4) is 0 Å². The first-order valence-electron chi connectivity index (χ1n) is 9.20. The molecule has 1 aliphatic heterocycles. The van der Waals surface area contributed by atoms with Crippen LogP contribution in [0.15, 0.2) is 47.1 Å². The van der Waals surface area contributed by atoms with Crippen molar-refractivity contribution in [2.75, 3.05) is 38.1 Å². The molecule has 29 heavy (non-hydrogen) atoms. The number of nitrogens with zero attached hydrogens (tertiary/aromatic N) is 2. The maximum Gasteiger partial charge on any atom is 0.340 e. The molecule has 1 N–H and O–H groups in total. The Bertz CT molecular complexity index is 901. The number of nitrogens with one attached hydrogen (secondary N) is 1. The Morgan fingerprint density at radius 2 is 1.69 bits per heavy atom. The SMILES string of the molecule is CCOC(=O)c1ccccc1NC(=O)C(=O)N1CCN(C(=O)c2ccco2)CC1. The molecule has 1 aromatic carbocycles. The highest BCUT2D eigenvalue weighted by atomic mass is 16.5. The van der Waals surface area contributed by atoms with Gasteiger partial charge in [-0.15, -0.1) is 0 Å². The highest BCUT2D eigenvalue weighted by Gasteiger charge is 2.29. The highest BCUT2D eigenvalue weighted by Crippen LogP contribution is 2.17. The molecule has 0 radical (unpaired) electrons. The van der Waals surface area contributed by atoms with Gasteiger partial charge in [-0.1, -0.05) is 12.1 Å². The van der Waals surface area contributed by atoms with Crippen LogP contribution < -0.4 is 5.32 Å². The third-order valence-electron chi connectivity index (χ3n) is 4.45. The summed E-state index contributed by atoms with van der Waals surface area (Å²) in [5, 5.41) is 2.48. The number of anilines is 1. The molecular formula is C20H21N3O6. The van der Waals surface area contributed by atoms with Gasteiger partial charge in [0.2, 0.25) is 0 Å². The van der Waals surface area contributed by atoms with Gasteiger partial charge in [-0.25, -0.2) is 4.79 Å². The maximum atomic E-state index is 12.5. The van der Waals surface area contributed by atoms with Crippen LogP contribution >= 0.6 is 0 Å². The Hall–Kier alpha value is -3.62. The summed E-state index contributed by atoms with van der Waals surface area (Å²) in [5.74, 6) is -2.18. The zero-order chi connectivity index (χ0) is 20.8. The topological polar surface area (TPSA) is 109 Å². The molecule has 9 heteroatoms. The minimum absolute atomic E-state index is 0.171. The predicted molar refractivity (Wildman–Crippen MR) is 102 cm³/mol. The molecule has 1 fully saturated rings. The van der Waals surface area contributed by atoms with Gasteiger partial charge in [0.05, 0.1) is 24.1 Å². The van der Waals surface area contributed by atoms with Gasteiger partial charge in [0.25, 0.3) is 5.91 Å². The number of amides is 3. The number of rotatable bonds is 4. The normalized spacial score (nSPS) is 13.7. The van der Waals surface area contributed by atoms with Crippen LogP contribution in [0.1, 0.15) is 27.8 Å². The Morgan fingerprint density at radius 3 is 2.34 bits per heavy atom. The lowest BCUT2D eigenvalue weighted by atomic mass is 10.1. The van der Waals surface area contributed by atoms with Gasteiger partial charge < -0.3 is 24.3 Å². The number of esters is 1. The fourth-order valence-electron chi connectivity index (χ4n) is 2.97.